The number of carbonyl (C=O) groups is 2. The topological polar surface area (TPSA) is 81.4 Å². The maximum atomic E-state index is 11.8. The number of aryl methyl sites for hydroxylation is 1. The van der Waals surface area contributed by atoms with Crippen molar-refractivity contribution < 1.29 is 14.3 Å². The molecule has 2 amide bonds. The van der Waals surface area contributed by atoms with Crippen LogP contribution in [0.1, 0.15) is 15.9 Å². The van der Waals surface area contributed by atoms with Crippen LogP contribution in [0.4, 0.5) is 5.00 Å². The van der Waals surface area contributed by atoms with Crippen molar-refractivity contribution in [3.05, 3.63) is 46.8 Å². The molecule has 3 N–H and O–H groups in total. The molecule has 1 aromatic carbocycles. The minimum Gasteiger partial charge on any atom is -0.484 e. The van der Waals surface area contributed by atoms with Crippen molar-refractivity contribution >= 4 is 28.2 Å². The molecule has 104 valence electrons. The Bertz CT molecular complexity index is 637. The van der Waals surface area contributed by atoms with E-state index in [0.717, 1.165) is 5.56 Å². The number of ether oxygens (including phenoxy) is 1. The summed E-state index contributed by atoms with van der Waals surface area (Å²) in [5.41, 5.74) is 6.56. The summed E-state index contributed by atoms with van der Waals surface area (Å²) in [7, 11) is 0. The molecular formula is C14H14N2O3S. The van der Waals surface area contributed by atoms with Gasteiger partial charge in [0.1, 0.15) is 10.8 Å². The lowest BCUT2D eigenvalue weighted by atomic mass is 10.2. The molecule has 6 heteroatoms. The molecule has 0 atom stereocenters. The summed E-state index contributed by atoms with van der Waals surface area (Å²) < 4.78 is 5.37. The van der Waals surface area contributed by atoms with Crippen molar-refractivity contribution in [2.75, 3.05) is 11.9 Å². The lowest BCUT2D eigenvalue weighted by molar-refractivity contribution is -0.118. The quantitative estimate of drug-likeness (QED) is 0.885. The number of primary amides is 1. The average Bonchev–Trinajstić information content (AvgIpc) is 2.85. The molecule has 5 nitrogen and oxygen atoms in total. The predicted octanol–water partition coefficient (Wildman–Crippen LogP) is 2.17. The predicted molar refractivity (Wildman–Crippen MR) is 78.1 cm³/mol. The van der Waals surface area contributed by atoms with Gasteiger partial charge in [0.15, 0.2) is 6.61 Å². The second kappa shape index (κ2) is 6.21. The molecule has 0 bridgehead atoms. The van der Waals surface area contributed by atoms with Crippen LogP contribution in [-0.4, -0.2) is 18.4 Å². The third-order valence-electron chi connectivity index (χ3n) is 2.54. The summed E-state index contributed by atoms with van der Waals surface area (Å²) in [6, 6.07) is 8.99. The van der Waals surface area contributed by atoms with Gasteiger partial charge in [-0.25, -0.2) is 0 Å². The first kappa shape index (κ1) is 14.1. The number of rotatable bonds is 5. The number of nitrogens with one attached hydrogen (secondary N) is 1. The number of benzene rings is 1. The first-order valence-electron chi connectivity index (χ1n) is 5.93. The van der Waals surface area contributed by atoms with E-state index in [4.69, 9.17) is 10.5 Å². The zero-order valence-corrected chi connectivity index (χ0v) is 11.7. The summed E-state index contributed by atoms with van der Waals surface area (Å²) in [5, 5.41) is 4.74. The highest BCUT2D eigenvalue weighted by Crippen LogP contribution is 2.22. The average molecular weight is 290 g/mol. The zero-order valence-electron chi connectivity index (χ0n) is 10.9. The van der Waals surface area contributed by atoms with E-state index in [2.05, 4.69) is 5.32 Å². The van der Waals surface area contributed by atoms with Crippen molar-refractivity contribution in [1.29, 1.82) is 0 Å². The minimum absolute atomic E-state index is 0.125. The van der Waals surface area contributed by atoms with E-state index in [1.54, 1.807) is 17.5 Å². The molecule has 2 rings (SSSR count). The Labute approximate surface area is 120 Å². The summed E-state index contributed by atoms with van der Waals surface area (Å²) in [4.78, 5) is 22.9. The van der Waals surface area contributed by atoms with Crippen molar-refractivity contribution in [3.63, 3.8) is 0 Å². The van der Waals surface area contributed by atoms with Crippen LogP contribution >= 0.6 is 11.3 Å². The van der Waals surface area contributed by atoms with Crippen LogP contribution in [0.25, 0.3) is 0 Å². The van der Waals surface area contributed by atoms with Crippen LogP contribution in [0.5, 0.6) is 5.75 Å². The van der Waals surface area contributed by atoms with Crippen LogP contribution in [0.2, 0.25) is 0 Å². The number of hydrogen-bond acceptors (Lipinski definition) is 4. The minimum atomic E-state index is -0.568. The third-order valence-corrected chi connectivity index (χ3v) is 3.37. The lowest BCUT2D eigenvalue weighted by Crippen LogP contribution is -2.21. The van der Waals surface area contributed by atoms with Gasteiger partial charge in [-0.05, 0) is 36.1 Å². The maximum absolute atomic E-state index is 11.8. The van der Waals surface area contributed by atoms with Gasteiger partial charge in [-0.3, -0.25) is 9.59 Å². The van der Waals surface area contributed by atoms with Crippen LogP contribution in [0, 0.1) is 6.92 Å². The van der Waals surface area contributed by atoms with Gasteiger partial charge in [-0.1, -0.05) is 12.1 Å². The fourth-order valence-electron chi connectivity index (χ4n) is 1.62. The van der Waals surface area contributed by atoms with Crippen LogP contribution in [-0.2, 0) is 4.79 Å². The van der Waals surface area contributed by atoms with Gasteiger partial charge in [-0.2, -0.15) is 0 Å². The van der Waals surface area contributed by atoms with Crippen molar-refractivity contribution in [2.24, 2.45) is 5.73 Å². The van der Waals surface area contributed by atoms with Gasteiger partial charge >= 0.3 is 0 Å². The highest BCUT2D eigenvalue weighted by Gasteiger charge is 2.12. The zero-order chi connectivity index (χ0) is 14.5. The van der Waals surface area contributed by atoms with Crippen LogP contribution in [0.3, 0.4) is 0 Å². The third kappa shape index (κ3) is 3.58. The van der Waals surface area contributed by atoms with E-state index in [9.17, 15) is 9.59 Å². The Morgan fingerprint density at radius 3 is 2.85 bits per heavy atom. The number of amides is 2. The summed E-state index contributed by atoms with van der Waals surface area (Å²) in [6.45, 7) is 1.82. The molecule has 0 spiro atoms. The van der Waals surface area contributed by atoms with Crippen molar-refractivity contribution in [3.8, 4) is 5.75 Å². The number of carbonyl (C=O) groups excluding carboxylic acids is 2. The Kier molecular flexibility index (Phi) is 4.37. The summed E-state index contributed by atoms with van der Waals surface area (Å²) >= 11 is 1.24. The lowest BCUT2D eigenvalue weighted by Gasteiger charge is -2.07. The standard InChI is InChI=1S/C14H14N2O3S/c1-9-3-2-4-10(7-9)19-8-12(17)16-14-11(13(15)18)5-6-20-14/h2-7H,8H2,1H3,(H2,15,18)(H,16,17). The van der Waals surface area contributed by atoms with Crippen molar-refractivity contribution in [1.82, 2.24) is 0 Å². The highest BCUT2D eigenvalue weighted by molar-refractivity contribution is 7.14. The number of thiophene rings is 1. The molecule has 0 fully saturated rings. The second-order valence-electron chi connectivity index (χ2n) is 4.18. The van der Waals surface area contributed by atoms with Gasteiger partial charge in [0.25, 0.3) is 11.8 Å². The molecular weight excluding hydrogens is 276 g/mol. The largest absolute Gasteiger partial charge is 0.484 e. The van der Waals surface area contributed by atoms with Gasteiger partial charge in [0.05, 0.1) is 5.56 Å². The molecule has 1 aromatic heterocycles. The van der Waals surface area contributed by atoms with E-state index >= 15 is 0 Å². The molecule has 0 radical (unpaired) electrons. The molecule has 1 heterocycles. The monoisotopic (exact) mass is 290 g/mol. The van der Waals surface area contributed by atoms with Gasteiger partial charge < -0.3 is 15.8 Å². The normalized spacial score (nSPS) is 10.1. The fourth-order valence-corrected chi connectivity index (χ4v) is 2.43. The second-order valence-corrected chi connectivity index (χ2v) is 5.10. The molecule has 0 aliphatic carbocycles. The number of nitrogens with two attached hydrogens (primary N) is 1. The Morgan fingerprint density at radius 2 is 2.15 bits per heavy atom. The van der Waals surface area contributed by atoms with E-state index in [1.165, 1.54) is 11.3 Å². The summed E-state index contributed by atoms with van der Waals surface area (Å²) in [5.74, 6) is -0.279. The number of hydrogen-bond donors (Lipinski definition) is 2. The first-order valence-corrected chi connectivity index (χ1v) is 6.81. The van der Waals surface area contributed by atoms with E-state index in [0.29, 0.717) is 16.3 Å². The first-order chi connectivity index (χ1) is 9.56. The maximum Gasteiger partial charge on any atom is 0.262 e. The Morgan fingerprint density at radius 1 is 1.35 bits per heavy atom. The van der Waals surface area contributed by atoms with E-state index in [1.807, 2.05) is 25.1 Å². The van der Waals surface area contributed by atoms with E-state index in [-0.39, 0.29) is 12.5 Å². The van der Waals surface area contributed by atoms with Gasteiger partial charge in [0, 0.05) is 0 Å². The smallest absolute Gasteiger partial charge is 0.262 e. The highest BCUT2D eigenvalue weighted by atomic mass is 32.1. The molecule has 0 saturated heterocycles. The molecule has 0 aliphatic heterocycles. The van der Waals surface area contributed by atoms with Crippen LogP contribution < -0.4 is 15.8 Å². The fraction of sp³-hybridized carbons (Fsp3) is 0.143. The Hall–Kier alpha value is -2.34. The van der Waals surface area contributed by atoms with Gasteiger partial charge in [0.2, 0.25) is 0 Å². The Balaban J connectivity index is 1.93. The molecule has 0 aliphatic rings. The van der Waals surface area contributed by atoms with E-state index < -0.39 is 5.91 Å². The van der Waals surface area contributed by atoms with Gasteiger partial charge in [-0.15, -0.1) is 11.3 Å². The molecule has 2 aromatic rings. The van der Waals surface area contributed by atoms with Crippen LogP contribution in [0.15, 0.2) is 35.7 Å². The molecule has 0 saturated carbocycles. The molecule has 20 heavy (non-hydrogen) atoms. The summed E-state index contributed by atoms with van der Waals surface area (Å²) in [6.07, 6.45) is 0. The van der Waals surface area contributed by atoms with Crippen molar-refractivity contribution in [2.45, 2.75) is 6.92 Å². The number of anilines is 1. The molecule has 0 unspecified atom stereocenters. The SMILES string of the molecule is Cc1cccc(OCC(=O)Nc2sccc2C(N)=O)c1.